The van der Waals surface area contributed by atoms with Crippen molar-refractivity contribution in [1.29, 1.82) is 0 Å². The molecule has 2 aromatic carbocycles. The third kappa shape index (κ3) is 5.77. The topological polar surface area (TPSA) is 66.9 Å². The zero-order chi connectivity index (χ0) is 21.5. The second kappa shape index (κ2) is 10.5. The van der Waals surface area contributed by atoms with Gasteiger partial charge in [0.2, 0.25) is 0 Å². The lowest BCUT2D eigenvalue weighted by molar-refractivity contribution is -0.136. The van der Waals surface area contributed by atoms with Gasteiger partial charge in [-0.25, -0.2) is 4.79 Å². The normalized spacial score (nSPS) is 15.6. The summed E-state index contributed by atoms with van der Waals surface area (Å²) < 4.78 is 17.4. The fraction of sp³-hybridized carbons (Fsp3) is 0.391. The van der Waals surface area contributed by atoms with E-state index in [0.29, 0.717) is 23.7 Å². The largest absolute Gasteiger partial charge is 0.452 e. The van der Waals surface area contributed by atoms with E-state index < -0.39 is 16.8 Å². The van der Waals surface area contributed by atoms with Gasteiger partial charge in [0.25, 0.3) is 5.91 Å². The molecule has 0 aromatic heterocycles. The van der Waals surface area contributed by atoms with Gasteiger partial charge in [0.1, 0.15) is 0 Å². The Morgan fingerprint density at radius 3 is 2.47 bits per heavy atom. The number of rotatable bonds is 7. The first-order valence-corrected chi connectivity index (χ1v) is 11.5. The molecule has 7 heteroatoms. The van der Waals surface area contributed by atoms with Crippen LogP contribution < -0.4 is 0 Å². The van der Waals surface area contributed by atoms with E-state index in [1.807, 2.05) is 0 Å². The molecule has 160 valence electrons. The second-order valence-electron chi connectivity index (χ2n) is 7.35. The minimum absolute atomic E-state index is 0.201. The van der Waals surface area contributed by atoms with Crippen LogP contribution in [-0.2, 0) is 26.9 Å². The van der Waals surface area contributed by atoms with Crippen LogP contribution in [0.25, 0.3) is 0 Å². The Balaban J connectivity index is 1.48. The number of carbonyl (C=O) groups is 2. The molecule has 2 aromatic rings. The van der Waals surface area contributed by atoms with Crippen molar-refractivity contribution in [1.82, 2.24) is 9.80 Å². The Kier molecular flexibility index (Phi) is 7.76. The highest BCUT2D eigenvalue weighted by molar-refractivity contribution is 7.85. The number of hydrogen-bond donors (Lipinski definition) is 0. The van der Waals surface area contributed by atoms with Gasteiger partial charge in [-0.2, -0.15) is 0 Å². The van der Waals surface area contributed by atoms with Crippen LogP contribution in [0.4, 0.5) is 0 Å². The first-order valence-electron chi connectivity index (χ1n) is 10.2. The molecule has 6 nitrogen and oxygen atoms in total. The third-order valence-corrected chi connectivity index (χ3v) is 6.53. The Morgan fingerprint density at radius 2 is 1.77 bits per heavy atom. The van der Waals surface area contributed by atoms with Crippen molar-refractivity contribution in [2.75, 3.05) is 38.5 Å². The summed E-state index contributed by atoms with van der Waals surface area (Å²) in [7, 11) is -1.27. The zero-order valence-corrected chi connectivity index (χ0v) is 18.3. The summed E-state index contributed by atoms with van der Waals surface area (Å²) >= 11 is 0. The zero-order valence-electron chi connectivity index (χ0n) is 17.5. The Morgan fingerprint density at radius 1 is 1.03 bits per heavy atom. The molecule has 1 saturated heterocycles. The van der Waals surface area contributed by atoms with E-state index in [4.69, 9.17) is 4.74 Å². The van der Waals surface area contributed by atoms with Gasteiger partial charge in [-0.1, -0.05) is 48.9 Å². The molecule has 0 saturated carbocycles. The molecule has 0 bridgehead atoms. The van der Waals surface area contributed by atoms with Crippen LogP contribution in [0.1, 0.15) is 28.4 Å². The number of ether oxygens (including phenoxy) is 1. The van der Waals surface area contributed by atoms with Crippen LogP contribution in [0.5, 0.6) is 0 Å². The quantitative estimate of drug-likeness (QED) is 0.635. The van der Waals surface area contributed by atoms with Gasteiger partial charge in [-0.15, -0.1) is 0 Å². The van der Waals surface area contributed by atoms with Gasteiger partial charge >= 0.3 is 5.97 Å². The predicted molar refractivity (Wildman–Crippen MR) is 117 cm³/mol. The van der Waals surface area contributed by atoms with Crippen LogP contribution in [-0.4, -0.2) is 64.4 Å². The van der Waals surface area contributed by atoms with Gasteiger partial charge in [0.05, 0.1) is 21.3 Å². The second-order valence-corrected chi connectivity index (χ2v) is 9.06. The van der Waals surface area contributed by atoms with Gasteiger partial charge in [-0.3, -0.25) is 13.9 Å². The number of aryl methyl sites for hydroxylation is 1. The van der Waals surface area contributed by atoms with Crippen molar-refractivity contribution in [3.8, 4) is 0 Å². The van der Waals surface area contributed by atoms with Gasteiger partial charge < -0.3 is 9.64 Å². The van der Waals surface area contributed by atoms with Gasteiger partial charge in [-0.05, 0) is 24.6 Å². The molecule has 0 radical (unpaired) electrons. The highest BCUT2D eigenvalue weighted by Gasteiger charge is 2.23. The van der Waals surface area contributed by atoms with Crippen molar-refractivity contribution in [2.24, 2.45) is 0 Å². The minimum atomic E-state index is -1.27. The summed E-state index contributed by atoms with van der Waals surface area (Å²) in [5, 5.41) is 0. The maximum atomic E-state index is 12.5. The van der Waals surface area contributed by atoms with Crippen LogP contribution in [0.2, 0.25) is 0 Å². The van der Waals surface area contributed by atoms with E-state index in [9.17, 15) is 13.8 Å². The number of benzene rings is 2. The number of piperazine rings is 1. The molecule has 1 amide bonds. The van der Waals surface area contributed by atoms with Crippen molar-refractivity contribution in [3.63, 3.8) is 0 Å². The molecule has 30 heavy (non-hydrogen) atoms. The van der Waals surface area contributed by atoms with Crippen molar-refractivity contribution in [2.45, 2.75) is 25.3 Å². The average Bonchev–Trinajstić information content (AvgIpc) is 2.77. The van der Waals surface area contributed by atoms with E-state index in [2.05, 4.69) is 36.1 Å². The SMILES string of the molecule is CCS(=O)c1ccccc1C(=O)OCC(=O)N1CCN(Cc2cccc(C)c2)CC1. The van der Waals surface area contributed by atoms with E-state index in [-0.39, 0.29) is 18.1 Å². The number of nitrogens with zero attached hydrogens (tertiary/aromatic N) is 2. The number of esters is 1. The highest BCUT2D eigenvalue weighted by atomic mass is 32.2. The molecule has 0 spiro atoms. The van der Waals surface area contributed by atoms with Crippen LogP contribution >= 0.6 is 0 Å². The Bertz CT molecular complexity index is 923. The lowest BCUT2D eigenvalue weighted by Gasteiger charge is -2.34. The van der Waals surface area contributed by atoms with E-state index >= 15 is 0 Å². The number of hydrogen-bond acceptors (Lipinski definition) is 5. The molecule has 1 aliphatic rings. The Hall–Kier alpha value is -2.51. The summed E-state index contributed by atoms with van der Waals surface area (Å²) in [5.41, 5.74) is 2.77. The van der Waals surface area contributed by atoms with Crippen LogP contribution in [0.15, 0.2) is 53.4 Å². The van der Waals surface area contributed by atoms with Gasteiger partial charge in [0.15, 0.2) is 6.61 Å². The smallest absolute Gasteiger partial charge is 0.339 e. The van der Waals surface area contributed by atoms with Crippen molar-refractivity contribution in [3.05, 3.63) is 65.2 Å². The molecule has 1 fully saturated rings. The first-order chi connectivity index (χ1) is 14.5. The molecule has 1 heterocycles. The molecular formula is C23H28N2O4S. The summed E-state index contributed by atoms with van der Waals surface area (Å²) in [5.74, 6) is -0.401. The summed E-state index contributed by atoms with van der Waals surface area (Å²) in [4.78, 5) is 29.4. The molecule has 1 atom stereocenters. The fourth-order valence-electron chi connectivity index (χ4n) is 3.51. The van der Waals surface area contributed by atoms with Crippen molar-refractivity contribution < 1.29 is 18.5 Å². The molecule has 1 aliphatic heterocycles. The third-order valence-electron chi connectivity index (χ3n) is 5.15. The van der Waals surface area contributed by atoms with E-state index in [1.54, 1.807) is 36.1 Å². The van der Waals surface area contributed by atoms with Crippen LogP contribution in [0.3, 0.4) is 0 Å². The lowest BCUT2D eigenvalue weighted by Crippen LogP contribution is -2.49. The fourth-order valence-corrected chi connectivity index (χ4v) is 4.45. The van der Waals surface area contributed by atoms with E-state index in [1.165, 1.54) is 11.1 Å². The summed E-state index contributed by atoms with van der Waals surface area (Å²) in [6.07, 6.45) is 0. The highest BCUT2D eigenvalue weighted by Crippen LogP contribution is 2.15. The molecule has 1 unspecified atom stereocenters. The number of carbonyl (C=O) groups excluding carboxylic acids is 2. The average molecular weight is 429 g/mol. The molecule has 0 N–H and O–H groups in total. The van der Waals surface area contributed by atoms with Crippen molar-refractivity contribution >= 4 is 22.7 Å². The summed E-state index contributed by atoms with van der Waals surface area (Å²) in [6.45, 7) is 7.23. The minimum Gasteiger partial charge on any atom is -0.452 e. The van der Waals surface area contributed by atoms with Crippen LogP contribution in [0, 0.1) is 6.92 Å². The standard InChI is InChI=1S/C23H28N2O4S/c1-3-30(28)21-10-5-4-9-20(21)23(27)29-17-22(26)25-13-11-24(12-14-25)16-19-8-6-7-18(2)15-19/h4-10,15H,3,11-14,16-17H2,1-2H3. The predicted octanol–water partition coefficient (Wildman–Crippen LogP) is 2.62. The Labute approximate surface area is 180 Å². The molecule has 3 rings (SSSR count). The van der Waals surface area contributed by atoms with E-state index in [0.717, 1.165) is 19.6 Å². The van der Waals surface area contributed by atoms with Gasteiger partial charge in [0, 0.05) is 38.5 Å². The number of amides is 1. The maximum absolute atomic E-state index is 12.5. The summed E-state index contributed by atoms with van der Waals surface area (Å²) in [6, 6.07) is 15.1. The monoisotopic (exact) mass is 428 g/mol. The lowest BCUT2D eigenvalue weighted by atomic mass is 10.1. The molecular weight excluding hydrogens is 400 g/mol. The first kappa shape index (κ1) is 22.2. The maximum Gasteiger partial charge on any atom is 0.339 e. The molecule has 0 aliphatic carbocycles.